The number of carbonyl (C=O) groups is 2. The Kier molecular flexibility index (Phi) is 4.11. The Bertz CT molecular complexity index is 215. The average Bonchev–Trinajstić information content (AvgIpc) is 2.20. The van der Waals surface area contributed by atoms with E-state index < -0.39 is 5.92 Å². The lowest BCUT2D eigenvalue weighted by molar-refractivity contribution is -0.151. The maximum Gasteiger partial charge on any atom is 0.316 e. The van der Waals surface area contributed by atoms with Crippen LogP contribution in [0.3, 0.4) is 0 Å². The first-order chi connectivity index (χ1) is 6.69. The lowest BCUT2D eigenvalue weighted by Gasteiger charge is -2.25. The molecule has 0 bridgehead atoms. The van der Waals surface area contributed by atoms with Gasteiger partial charge in [-0.05, 0) is 18.8 Å². The highest BCUT2D eigenvalue weighted by Crippen LogP contribution is 2.30. The van der Waals surface area contributed by atoms with Crippen LogP contribution < -0.4 is 0 Å². The van der Waals surface area contributed by atoms with Crippen LogP contribution in [0.25, 0.3) is 0 Å². The summed E-state index contributed by atoms with van der Waals surface area (Å²) in [6.45, 7) is 2.13. The Morgan fingerprint density at radius 1 is 1.57 bits per heavy atom. The van der Waals surface area contributed by atoms with E-state index in [-0.39, 0.29) is 11.8 Å². The monoisotopic (exact) mass is 198 g/mol. The van der Waals surface area contributed by atoms with E-state index in [1.54, 1.807) is 0 Å². The van der Waals surface area contributed by atoms with Gasteiger partial charge in [0.2, 0.25) is 0 Å². The molecule has 0 aliphatic heterocycles. The van der Waals surface area contributed by atoms with E-state index in [1.807, 2.05) is 0 Å². The molecule has 0 spiro atoms. The largest absolute Gasteiger partial charge is 0.468 e. The minimum Gasteiger partial charge on any atom is -0.468 e. The van der Waals surface area contributed by atoms with Crippen molar-refractivity contribution in [1.82, 2.24) is 0 Å². The van der Waals surface area contributed by atoms with Crippen LogP contribution >= 0.6 is 0 Å². The maximum atomic E-state index is 11.4. The molecule has 2 atom stereocenters. The molecule has 80 valence electrons. The predicted octanol–water partition coefficient (Wildman–Crippen LogP) is 1.94. The van der Waals surface area contributed by atoms with Crippen LogP contribution in [0.15, 0.2) is 0 Å². The molecule has 0 saturated heterocycles. The molecule has 0 aromatic heterocycles. The maximum absolute atomic E-state index is 11.4. The van der Waals surface area contributed by atoms with Crippen LogP contribution in [0.4, 0.5) is 0 Å². The molecule has 0 unspecified atom stereocenters. The molecule has 1 saturated carbocycles. The number of ether oxygens (including phenoxy) is 1. The molecule has 1 fully saturated rings. The number of rotatable bonds is 3. The van der Waals surface area contributed by atoms with Gasteiger partial charge in [-0.15, -0.1) is 0 Å². The van der Waals surface area contributed by atoms with Gasteiger partial charge in [-0.1, -0.05) is 19.8 Å². The van der Waals surface area contributed by atoms with Crippen LogP contribution in [-0.4, -0.2) is 18.9 Å². The zero-order valence-corrected chi connectivity index (χ0v) is 8.91. The van der Waals surface area contributed by atoms with Crippen LogP contribution in [0.2, 0.25) is 0 Å². The van der Waals surface area contributed by atoms with Crippen LogP contribution in [0.1, 0.15) is 39.0 Å². The van der Waals surface area contributed by atoms with Gasteiger partial charge in [0.05, 0.1) is 7.11 Å². The lowest BCUT2D eigenvalue weighted by Crippen LogP contribution is -2.32. The van der Waals surface area contributed by atoms with Gasteiger partial charge in [0.1, 0.15) is 11.7 Å². The quantitative estimate of drug-likeness (QED) is 0.514. The van der Waals surface area contributed by atoms with Crippen LogP contribution in [-0.2, 0) is 14.3 Å². The second-order valence-corrected chi connectivity index (χ2v) is 3.97. The van der Waals surface area contributed by atoms with E-state index in [4.69, 9.17) is 0 Å². The second-order valence-electron chi connectivity index (χ2n) is 3.97. The third kappa shape index (κ3) is 2.56. The molecule has 1 rings (SSSR count). The third-order valence-corrected chi connectivity index (χ3v) is 2.94. The van der Waals surface area contributed by atoms with Crippen molar-refractivity contribution >= 4 is 11.8 Å². The average molecular weight is 198 g/mol. The summed E-state index contributed by atoms with van der Waals surface area (Å²) in [5.41, 5.74) is 0. The van der Waals surface area contributed by atoms with Gasteiger partial charge in [-0.2, -0.15) is 0 Å². The van der Waals surface area contributed by atoms with Crippen molar-refractivity contribution in [3.8, 4) is 0 Å². The number of ketones is 1. The fourth-order valence-corrected chi connectivity index (χ4v) is 2.14. The van der Waals surface area contributed by atoms with Crippen molar-refractivity contribution in [2.24, 2.45) is 11.8 Å². The van der Waals surface area contributed by atoms with Crippen molar-refractivity contribution in [1.29, 1.82) is 0 Å². The fourth-order valence-electron chi connectivity index (χ4n) is 2.14. The minimum absolute atomic E-state index is 0.0594. The van der Waals surface area contributed by atoms with Crippen molar-refractivity contribution in [3.63, 3.8) is 0 Å². The number of methoxy groups -OCH3 is 1. The Balaban J connectivity index is 2.55. The third-order valence-electron chi connectivity index (χ3n) is 2.94. The summed E-state index contributed by atoms with van der Waals surface area (Å²) in [5, 5.41) is 0. The van der Waals surface area contributed by atoms with Gasteiger partial charge in [0, 0.05) is 6.42 Å². The number of esters is 1. The van der Waals surface area contributed by atoms with E-state index in [0.29, 0.717) is 18.8 Å². The van der Waals surface area contributed by atoms with Crippen molar-refractivity contribution in [2.75, 3.05) is 7.11 Å². The Labute approximate surface area is 84.8 Å². The molecular weight excluding hydrogens is 180 g/mol. The first-order valence-corrected chi connectivity index (χ1v) is 5.29. The molecule has 1 aliphatic carbocycles. The minimum atomic E-state index is -0.481. The molecular formula is C11H18O3. The summed E-state index contributed by atoms with van der Waals surface area (Å²) in [7, 11) is 1.35. The standard InChI is InChI=1S/C11H18O3/c1-3-4-8-5-6-10(12)9(7-8)11(13)14-2/h8-9H,3-7H2,1-2H3/t8-,9+/m1/s1. The highest BCUT2D eigenvalue weighted by molar-refractivity contribution is 5.99. The fraction of sp³-hybridized carbons (Fsp3) is 0.818. The molecule has 0 N–H and O–H groups in total. The van der Waals surface area contributed by atoms with E-state index in [2.05, 4.69) is 11.7 Å². The molecule has 1 aliphatic rings. The zero-order valence-electron chi connectivity index (χ0n) is 8.91. The summed E-state index contributed by atoms with van der Waals surface area (Å²) in [4.78, 5) is 22.7. The summed E-state index contributed by atoms with van der Waals surface area (Å²) in [6.07, 6.45) is 4.41. The highest BCUT2D eigenvalue weighted by atomic mass is 16.5. The summed E-state index contributed by atoms with van der Waals surface area (Å²) >= 11 is 0. The van der Waals surface area contributed by atoms with Gasteiger partial charge in [-0.3, -0.25) is 9.59 Å². The van der Waals surface area contributed by atoms with Crippen molar-refractivity contribution in [2.45, 2.75) is 39.0 Å². The molecule has 0 radical (unpaired) electrons. The van der Waals surface area contributed by atoms with Crippen LogP contribution in [0, 0.1) is 11.8 Å². The zero-order chi connectivity index (χ0) is 10.6. The SMILES string of the molecule is CCC[C@@H]1CCC(=O)[C@@H](C(=O)OC)C1. The normalized spacial score (nSPS) is 27.4. The molecule has 14 heavy (non-hydrogen) atoms. The first-order valence-electron chi connectivity index (χ1n) is 5.29. The van der Waals surface area contributed by atoms with Crippen molar-refractivity contribution < 1.29 is 14.3 Å². The van der Waals surface area contributed by atoms with Gasteiger partial charge < -0.3 is 4.74 Å². The Morgan fingerprint density at radius 3 is 2.86 bits per heavy atom. The van der Waals surface area contributed by atoms with E-state index in [1.165, 1.54) is 7.11 Å². The second kappa shape index (κ2) is 5.13. The van der Waals surface area contributed by atoms with E-state index in [9.17, 15) is 9.59 Å². The summed E-state index contributed by atoms with van der Waals surface area (Å²) < 4.78 is 4.63. The van der Waals surface area contributed by atoms with Gasteiger partial charge >= 0.3 is 5.97 Å². The molecule has 0 heterocycles. The number of Topliss-reactive ketones (excluding diaryl/α,β-unsaturated/α-hetero) is 1. The number of hydrogen-bond donors (Lipinski definition) is 0. The molecule has 0 amide bonds. The molecule has 3 heteroatoms. The number of carbonyl (C=O) groups excluding carboxylic acids is 2. The smallest absolute Gasteiger partial charge is 0.316 e. The Morgan fingerprint density at radius 2 is 2.29 bits per heavy atom. The van der Waals surface area contributed by atoms with E-state index in [0.717, 1.165) is 19.3 Å². The molecule has 0 aromatic carbocycles. The summed E-state index contributed by atoms with van der Waals surface area (Å²) in [6, 6.07) is 0. The lowest BCUT2D eigenvalue weighted by atomic mass is 9.78. The van der Waals surface area contributed by atoms with Crippen LogP contribution in [0.5, 0.6) is 0 Å². The first kappa shape index (κ1) is 11.2. The number of hydrogen-bond acceptors (Lipinski definition) is 3. The van der Waals surface area contributed by atoms with Crippen molar-refractivity contribution in [3.05, 3.63) is 0 Å². The topological polar surface area (TPSA) is 43.4 Å². The Hall–Kier alpha value is -0.860. The van der Waals surface area contributed by atoms with E-state index >= 15 is 0 Å². The van der Waals surface area contributed by atoms with Gasteiger partial charge in [0.15, 0.2) is 0 Å². The summed E-state index contributed by atoms with van der Waals surface area (Å²) in [5.74, 6) is -0.243. The molecule has 3 nitrogen and oxygen atoms in total. The molecule has 0 aromatic rings. The predicted molar refractivity (Wildman–Crippen MR) is 52.8 cm³/mol. The highest BCUT2D eigenvalue weighted by Gasteiger charge is 2.33. The van der Waals surface area contributed by atoms with Gasteiger partial charge in [-0.25, -0.2) is 0 Å². The van der Waals surface area contributed by atoms with Gasteiger partial charge in [0.25, 0.3) is 0 Å².